The van der Waals surface area contributed by atoms with Gasteiger partial charge in [-0.2, -0.15) is 5.10 Å². The molecule has 1 N–H and O–H groups in total. The average Bonchev–Trinajstić information content (AvgIpc) is 2.98. The van der Waals surface area contributed by atoms with Crippen LogP contribution in [0.3, 0.4) is 0 Å². The molecule has 0 radical (unpaired) electrons. The zero-order valence-corrected chi connectivity index (χ0v) is 14.7. The number of methoxy groups -OCH3 is 1. The lowest BCUT2D eigenvalue weighted by Gasteiger charge is -2.07. The number of esters is 1. The first-order chi connectivity index (χ1) is 12.5. The van der Waals surface area contributed by atoms with Crippen molar-refractivity contribution in [2.75, 3.05) is 7.11 Å². The largest absolute Gasteiger partial charge is 0.466 e. The second-order valence-corrected chi connectivity index (χ2v) is 6.05. The van der Waals surface area contributed by atoms with E-state index in [2.05, 4.69) is 9.84 Å². The van der Waals surface area contributed by atoms with E-state index < -0.39 is 11.8 Å². The van der Waals surface area contributed by atoms with Gasteiger partial charge in [-0.3, -0.25) is 4.68 Å². The standard InChI is InChI=1S/C19H16ClFN2O3/c1-26-19(25)7-6-17-15-5-2-12(11-24)8-18(15)23(22-17)10-13-3-4-14(21)9-16(13)20/h2-9,24H,10-11H2,1H3/b7-6+. The van der Waals surface area contributed by atoms with E-state index in [1.54, 1.807) is 22.9 Å². The molecular weight excluding hydrogens is 359 g/mol. The summed E-state index contributed by atoms with van der Waals surface area (Å²) < 4.78 is 19.6. The van der Waals surface area contributed by atoms with Crippen molar-refractivity contribution in [2.45, 2.75) is 13.2 Å². The Morgan fingerprint density at radius 2 is 2.15 bits per heavy atom. The third kappa shape index (κ3) is 3.76. The van der Waals surface area contributed by atoms with Crippen LogP contribution in [0.2, 0.25) is 5.02 Å². The molecule has 134 valence electrons. The molecule has 0 saturated carbocycles. The maximum Gasteiger partial charge on any atom is 0.330 e. The van der Waals surface area contributed by atoms with Gasteiger partial charge < -0.3 is 9.84 Å². The van der Waals surface area contributed by atoms with Gasteiger partial charge in [0.25, 0.3) is 0 Å². The van der Waals surface area contributed by atoms with Gasteiger partial charge in [0.05, 0.1) is 31.5 Å². The molecule has 1 heterocycles. The van der Waals surface area contributed by atoms with E-state index >= 15 is 0 Å². The zero-order valence-electron chi connectivity index (χ0n) is 13.9. The second-order valence-electron chi connectivity index (χ2n) is 5.64. The van der Waals surface area contributed by atoms with Crippen LogP contribution in [-0.4, -0.2) is 28.0 Å². The molecule has 0 aliphatic heterocycles. The van der Waals surface area contributed by atoms with E-state index in [4.69, 9.17) is 11.6 Å². The van der Waals surface area contributed by atoms with Crippen LogP contribution in [0.25, 0.3) is 17.0 Å². The van der Waals surface area contributed by atoms with Crippen LogP contribution < -0.4 is 0 Å². The molecule has 0 unspecified atom stereocenters. The number of benzene rings is 2. The van der Waals surface area contributed by atoms with E-state index in [0.29, 0.717) is 22.8 Å². The van der Waals surface area contributed by atoms with Gasteiger partial charge in [0.2, 0.25) is 0 Å². The van der Waals surface area contributed by atoms with Crippen molar-refractivity contribution >= 4 is 34.5 Å². The first-order valence-electron chi connectivity index (χ1n) is 7.82. The smallest absolute Gasteiger partial charge is 0.330 e. The van der Waals surface area contributed by atoms with Crippen LogP contribution in [0.1, 0.15) is 16.8 Å². The van der Waals surface area contributed by atoms with Crippen LogP contribution in [0.4, 0.5) is 4.39 Å². The summed E-state index contributed by atoms with van der Waals surface area (Å²) in [6.07, 6.45) is 2.85. The molecule has 0 spiro atoms. The summed E-state index contributed by atoms with van der Waals surface area (Å²) in [6, 6.07) is 9.62. The molecule has 1 aromatic heterocycles. The monoisotopic (exact) mass is 374 g/mol. The molecule has 0 aliphatic rings. The molecule has 7 heteroatoms. The van der Waals surface area contributed by atoms with Gasteiger partial charge in [-0.15, -0.1) is 0 Å². The molecule has 0 atom stereocenters. The Morgan fingerprint density at radius 1 is 1.35 bits per heavy atom. The van der Waals surface area contributed by atoms with E-state index in [9.17, 15) is 14.3 Å². The van der Waals surface area contributed by atoms with Gasteiger partial charge in [0, 0.05) is 16.5 Å². The van der Waals surface area contributed by atoms with Crippen molar-refractivity contribution in [3.8, 4) is 0 Å². The number of carbonyl (C=O) groups is 1. The van der Waals surface area contributed by atoms with Crippen molar-refractivity contribution < 1.29 is 19.0 Å². The maximum absolute atomic E-state index is 13.3. The Morgan fingerprint density at radius 3 is 2.85 bits per heavy atom. The van der Waals surface area contributed by atoms with Crippen molar-refractivity contribution in [3.05, 3.63) is 70.1 Å². The molecule has 26 heavy (non-hydrogen) atoms. The topological polar surface area (TPSA) is 64.3 Å². The molecule has 0 amide bonds. The number of halogens is 2. The highest BCUT2D eigenvalue weighted by Gasteiger charge is 2.12. The lowest BCUT2D eigenvalue weighted by Crippen LogP contribution is -2.03. The van der Waals surface area contributed by atoms with Crippen molar-refractivity contribution in [1.82, 2.24) is 9.78 Å². The van der Waals surface area contributed by atoms with Crippen LogP contribution >= 0.6 is 11.6 Å². The number of aliphatic hydroxyl groups is 1. The summed E-state index contributed by atoms with van der Waals surface area (Å²) in [5.41, 5.74) is 2.78. The summed E-state index contributed by atoms with van der Waals surface area (Å²) in [5.74, 6) is -0.894. The highest BCUT2D eigenvalue weighted by molar-refractivity contribution is 6.31. The Labute approximate surface area is 154 Å². The van der Waals surface area contributed by atoms with Gasteiger partial charge >= 0.3 is 5.97 Å². The van der Waals surface area contributed by atoms with Gasteiger partial charge in [0.1, 0.15) is 5.82 Å². The third-order valence-electron chi connectivity index (χ3n) is 3.94. The summed E-state index contributed by atoms with van der Waals surface area (Å²) in [4.78, 5) is 11.4. The molecule has 0 bridgehead atoms. The number of aromatic nitrogens is 2. The number of aliphatic hydroxyl groups excluding tert-OH is 1. The minimum atomic E-state index is -0.485. The lowest BCUT2D eigenvalue weighted by molar-refractivity contribution is -0.134. The van der Waals surface area contributed by atoms with Gasteiger partial charge in [0.15, 0.2) is 0 Å². The van der Waals surface area contributed by atoms with Crippen LogP contribution in [0.15, 0.2) is 42.5 Å². The van der Waals surface area contributed by atoms with Crippen LogP contribution in [0.5, 0.6) is 0 Å². The second kappa shape index (κ2) is 7.68. The summed E-state index contributed by atoms with van der Waals surface area (Å²) in [6.45, 7) is 0.211. The molecule has 5 nitrogen and oxygen atoms in total. The quantitative estimate of drug-likeness (QED) is 0.548. The van der Waals surface area contributed by atoms with E-state index in [1.165, 1.54) is 25.3 Å². The molecule has 0 aliphatic carbocycles. The highest BCUT2D eigenvalue weighted by Crippen LogP contribution is 2.25. The maximum atomic E-state index is 13.3. The highest BCUT2D eigenvalue weighted by atomic mass is 35.5. The predicted octanol–water partition coefficient (Wildman–Crippen LogP) is 3.56. The van der Waals surface area contributed by atoms with E-state index in [1.807, 2.05) is 12.1 Å². The van der Waals surface area contributed by atoms with Crippen LogP contribution in [-0.2, 0) is 22.7 Å². The van der Waals surface area contributed by atoms with Crippen molar-refractivity contribution in [2.24, 2.45) is 0 Å². The minimum absolute atomic E-state index is 0.105. The Kier molecular flexibility index (Phi) is 5.35. The summed E-state index contributed by atoms with van der Waals surface area (Å²) in [7, 11) is 1.30. The molecule has 2 aromatic carbocycles. The molecule has 0 saturated heterocycles. The molecule has 3 rings (SSSR count). The number of fused-ring (bicyclic) bond motifs is 1. The summed E-state index contributed by atoms with van der Waals surface area (Å²) in [5, 5.41) is 15.0. The minimum Gasteiger partial charge on any atom is -0.466 e. The number of rotatable bonds is 5. The number of carbonyl (C=O) groups excluding carboxylic acids is 1. The fraction of sp³-hybridized carbons (Fsp3) is 0.158. The first-order valence-corrected chi connectivity index (χ1v) is 8.20. The number of ether oxygens (including phenoxy) is 1. The Hall–Kier alpha value is -2.70. The fourth-order valence-electron chi connectivity index (χ4n) is 2.61. The number of nitrogens with zero attached hydrogens (tertiary/aromatic N) is 2. The summed E-state index contributed by atoms with van der Waals surface area (Å²) >= 11 is 6.12. The molecule has 3 aromatic rings. The molecular formula is C19H16ClFN2O3. The number of hydrogen-bond donors (Lipinski definition) is 1. The fourth-order valence-corrected chi connectivity index (χ4v) is 2.84. The van der Waals surface area contributed by atoms with Crippen molar-refractivity contribution in [3.63, 3.8) is 0 Å². The lowest BCUT2D eigenvalue weighted by atomic mass is 10.1. The van der Waals surface area contributed by atoms with Crippen molar-refractivity contribution in [1.29, 1.82) is 0 Å². The Bertz CT molecular complexity index is 998. The Balaban J connectivity index is 2.08. The van der Waals surface area contributed by atoms with Crippen LogP contribution in [0, 0.1) is 5.82 Å². The van der Waals surface area contributed by atoms with E-state index in [0.717, 1.165) is 16.5 Å². The SMILES string of the molecule is COC(=O)/C=C/c1nn(Cc2ccc(F)cc2Cl)c2cc(CO)ccc12. The molecule has 0 fully saturated rings. The van der Waals surface area contributed by atoms with Gasteiger partial charge in [-0.1, -0.05) is 29.8 Å². The first kappa shape index (κ1) is 18.1. The normalized spacial score (nSPS) is 11.4. The van der Waals surface area contributed by atoms with Gasteiger partial charge in [-0.05, 0) is 35.4 Å². The third-order valence-corrected chi connectivity index (χ3v) is 4.29. The number of hydrogen-bond acceptors (Lipinski definition) is 4. The van der Waals surface area contributed by atoms with E-state index in [-0.39, 0.29) is 6.61 Å². The average molecular weight is 375 g/mol. The zero-order chi connectivity index (χ0) is 18.7. The predicted molar refractivity (Wildman–Crippen MR) is 97.2 cm³/mol. The van der Waals surface area contributed by atoms with Gasteiger partial charge in [-0.25, -0.2) is 9.18 Å².